The van der Waals surface area contributed by atoms with Gasteiger partial charge in [0, 0.05) is 25.9 Å². The van der Waals surface area contributed by atoms with Crippen LogP contribution in [0.3, 0.4) is 0 Å². The molecule has 6 nitrogen and oxygen atoms in total. The van der Waals surface area contributed by atoms with E-state index in [0.717, 1.165) is 37.2 Å². The second kappa shape index (κ2) is 7.49. The summed E-state index contributed by atoms with van der Waals surface area (Å²) >= 11 is 1.41. The molecule has 2 heterocycles. The average Bonchev–Trinajstić information content (AvgIpc) is 3.04. The number of aryl methyl sites for hydroxylation is 1. The third-order valence-electron chi connectivity index (χ3n) is 3.53. The topological polar surface area (TPSA) is 75.2 Å². The SMILES string of the molecule is CCCCN1C[C@@H](C(=O)Nc2nnc(CCC)s2)CC1=O. The quantitative estimate of drug-likeness (QED) is 0.836. The zero-order chi connectivity index (χ0) is 15.2. The summed E-state index contributed by atoms with van der Waals surface area (Å²) in [5.74, 6) is -0.318. The summed E-state index contributed by atoms with van der Waals surface area (Å²) in [4.78, 5) is 25.8. The number of carbonyl (C=O) groups excluding carboxylic acids is 2. The molecule has 1 aliphatic heterocycles. The van der Waals surface area contributed by atoms with Crippen molar-refractivity contribution in [1.82, 2.24) is 15.1 Å². The molecule has 0 spiro atoms. The van der Waals surface area contributed by atoms with Crippen molar-refractivity contribution in [3.8, 4) is 0 Å². The van der Waals surface area contributed by atoms with Gasteiger partial charge in [-0.2, -0.15) is 0 Å². The van der Waals surface area contributed by atoms with Gasteiger partial charge in [0.25, 0.3) is 0 Å². The second-order valence-corrected chi connectivity index (χ2v) is 6.40. The Balaban J connectivity index is 1.87. The molecule has 1 N–H and O–H groups in total. The molecule has 0 unspecified atom stereocenters. The zero-order valence-corrected chi connectivity index (χ0v) is 13.4. The minimum Gasteiger partial charge on any atom is -0.342 e. The van der Waals surface area contributed by atoms with E-state index in [9.17, 15) is 9.59 Å². The Morgan fingerprint density at radius 3 is 2.90 bits per heavy atom. The molecule has 0 radical (unpaired) electrons. The van der Waals surface area contributed by atoms with Gasteiger partial charge in [-0.15, -0.1) is 10.2 Å². The number of hydrogen-bond donors (Lipinski definition) is 1. The molecular formula is C14H22N4O2S. The van der Waals surface area contributed by atoms with Gasteiger partial charge in [0.05, 0.1) is 5.92 Å². The van der Waals surface area contributed by atoms with Gasteiger partial charge in [-0.25, -0.2) is 0 Å². The summed E-state index contributed by atoms with van der Waals surface area (Å²) in [6.07, 6.45) is 4.21. The number of hydrogen-bond acceptors (Lipinski definition) is 5. The zero-order valence-electron chi connectivity index (χ0n) is 12.6. The fourth-order valence-corrected chi connectivity index (χ4v) is 3.18. The minimum absolute atomic E-state index is 0.0764. The molecule has 0 saturated carbocycles. The Bertz CT molecular complexity index is 503. The fraction of sp³-hybridized carbons (Fsp3) is 0.714. The van der Waals surface area contributed by atoms with Gasteiger partial charge in [-0.05, 0) is 12.8 Å². The predicted octanol–water partition coefficient (Wildman–Crippen LogP) is 2.08. The maximum absolute atomic E-state index is 12.2. The summed E-state index contributed by atoms with van der Waals surface area (Å²) in [7, 11) is 0. The molecule has 1 aromatic rings. The van der Waals surface area contributed by atoms with E-state index in [4.69, 9.17) is 0 Å². The lowest BCUT2D eigenvalue weighted by Crippen LogP contribution is -2.29. The van der Waals surface area contributed by atoms with Crippen molar-refractivity contribution in [2.75, 3.05) is 18.4 Å². The van der Waals surface area contributed by atoms with Gasteiger partial charge in [0.2, 0.25) is 16.9 Å². The highest BCUT2D eigenvalue weighted by Crippen LogP contribution is 2.22. The molecule has 21 heavy (non-hydrogen) atoms. The van der Waals surface area contributed by atoms with Crippen LogP contribution in [0.4, 0.5) is 5.13 Å². The lowest BCUT2D eigenvalue weighted by molar-refractivity contribution is -0.128. The van der Waals surface area contributed by atoms with Crippen molar-refractivity contribution >= 4 is 28.3 Å². The molecular weight excluding hydrogens is 288 g/mol. The molecule has 0 aliphatic carbocycles. The smallest absolute Gasteiger partial charge is 0.231 e. The number of likely N-dealkylation sites (tertiary alicyclic amines) is 1. The first-order chi connectivity index (χ1) is 10.1. The monoisotopic (exact) mass is 310 g/mol. The molecule has 0 aromatic carbocycles. The molecule has 2 rings (SSSR count). The Hall–Kier alpha value is -1.50. The molecule has 1 aromatic heterocycles. The van der Waals surface area contributed by atoms with Gasteiger partial charge in [0.15, 0.2) is 0 Å². The maximum atomic E-state index is 12.2. The van der Waals surface area contributed by atoms with Gasteiger partial charge in [-0.3, -0.25) is 9.59 Å². The number of rotatable bonds is 7. The van der Waals surface area contributed by atoms with Crippen LogP contribution in [-0.4, -0.2) is 40.0 Å². The van der Waals surface area contributed by atoms with E-state index in [-0.39, 0.29) is 17.7 Å². The van der Waals surface area contributed by atoms with Crippen molar-refractivity contribution in [3.63, 3.8) is 0 Å². The molecule has 1 fully saturated rings. The van der Waals surface area contributed by atoms with Crippen LogP contribution in [-0.2, 0) is 16.0 Å². The molecule has 1 aliphatic rings. The lowest BCUT2D eigenvalue weighted by Gasteiger charge is -2.15. The summed E-state index contributed by atoms with van der Waals surface area (Å²) in [6, 6.07) is 0. The van der Waals surface area contributed by atoms with Crippen LogP contribution < -0.4 is 5.32 Å². The first-order valence-corrected chi connectivity index (χ1v) is 8.36. The van der Waals surface area contributed by atoms with Gasteiger partial charge < -0.3 is 10.2 Å². The first-order valence-electron chi connectivity index (χ1n) is 7.55. The van der Waals surface area contributed by atoms with Crippen molar-refractivity contribution in [3.05, 3.63) is 5.01 Å². The van der Waals surface area contributed by atoms with E-state index in [1.807, 2.05) is 0 Å². The van der Waals surface area contributed by atoms with Crippen LogP contribution >= 0.6 is 11.3 Å². The Morgan fingerprint density at radius 2 is 2.19 bits per heavy atom. The van der Waals surface area contributed by atoms with Crippen molar-refractivity contribution in [2.24, 2.45) is 5.92 Å². The normalized spacial score (nSPS) is 18.3. The summed E-state index contributed by atoms with van der Waals surface area (Å²) in [5.41, 5.74) is 0. The molecule has 0 bridgehead atoms. The predicted molar refractivity (Wildman–Crippen MR) is 82.1 cm³/mol. The van der Waals surface area contributed by atoms with Crippen molar-refractivity contribution < 1.29 is 9.59 Å². The van der Waals surface area contributed by atoms with Crippen LogP contribution in [0.1, 0.15) is 44.5 Å². The third kappa shape index (κ3) is 4.23. The van der Waals surface area contributed by atoms with Gasteiger partial charge in [-0.1, -0.05) is 31.6 Å². The summed E-state index contributed by atoms with van der Waals surface area (Å²) < 4.78 is 0. The molecule has 2 amide bonds. The van der Waals surface area contributed by atoms with Crippen molar-refractivity contribution in [2.45, 2.75) is 46.0 Å². The number of unbranched alkanes of at least 4 members (excludes halogenated alkanes) is 1. The van der Waals surface area contributed by atoms with E-state index in [1.165, 1.54) is 11.3 Å². The van der Waals surface area contributed by atoms with Crippen LogP contribution in [0.2, 0.25) is 0 Å². The van der Waals surface area contributed by atoms with Crippen LogP contribution in [0.15, 0.2) is 0 Å². The van der Waals surface area contributed by atoms with Crippen LogP contribution in [0, 0.1) is 5.92 Å². The molecule has 1 atom stereocenters. The molecule has 7 heteroatoms. The van der Waals surface area contributed by atoms with Crippen LogP contribution in [0.25, 0.3) is 0 Å². The lowest BCUT2D eigenvalue weighted by atomic mass is 10.1. The van der Waals surface area contributed by atoms with Gasteiger partial charge >= 0.3 is 0 Å². The Kier molecular flexibility index (Phi) is 5.67. The van der Waals surface area contributed by atoms with Gasteiger partial charge in [0.1, 0.15) is 5.01 Å². The Morgan fingerprint density at radius 1 is 1.38 bits per heavy atom. The first kappa shape index (κ1) is 15.9. The molecule has 1 saturated heterocycles. The largest absolute Gasteiger partial charge is 0.342 e. The highest BCUT2D eigenvalue weighted by Gasteiger charge is 2.34. The average molecular weight is 310 g/mol. The summed E-state index contributed by atoms with van der Waals surface area (Å²) in [6.45, 7) is 5.44. The summed E-state index contributed by atoms with van der Waals surface area (Å²) in [5, 5.41) is 12.3. The number of nitrogens with one attached hydrogen (secondary N) is 1. The van der Waals surface area contributed by atoms with Crippen molar-refractivity contribution in [1.29, 1.82) is 0 Å². The molecule has 116 valence electrons. The van der Waals surface area contributed by atoms with E-state index >= 15 is 0 Å². The van der Waals surface area contributed by atoms with E-state index in [1.54, 1.807) is 4.90 Å². The fourth-order valence-electron chi connectivity index (χ4n) is 2.34. The highest BCUT2D eigenvalue weighted by molar-refractivity contribution is 7.15. The second-order valence-electron chi connectivity index (χ2n) is 5.33. The highest BCUT2D eigenvalue weighted by atomic mass is 32.1. The van der Waals surface area contributed by atoms with E-state index in [0.29, 0.717) is 18.1 Å². The van der Waals surface area contributed by atoms with E-state index in [2.05, 4.69) is 29.4 Å². The maximum Gasteiger partial charge on any atom is 0.231 e. The number of amides is 2. The Labute approximate surface area is 128 Å². The number of aromatic nitrogens is 2. The number of anilines is 1. The number of nitrogens with zero attached hydrogens (tertiary/aromatic N) is 3. The van der Waals surface area contributed by atoms with E-state index < -0.39 is 0 Å². The third-order valence-corrected chi connectivity index (χ3v) is 4.43. The standard InChI is InChI=1S/C14H22N4O2S/c1-3-5-7-18-9-10(8-12(18)19)13(20)15-14-17-16-11(21-14)6-4-2/h10H,3-9H2,1-2H3,(H,15,17,20)/t10-/m0/s1. The number of carbonyl (C=O) groups is 2. The minimum atomic E-state index is -0.270. The van der Waals surface area contributed by atoms with Crippen LogP contribution in [0.5, 0.6) is 0 Å².